The molecule has 0 aromatic heterocycles. The van der Waals surface area contributed by atoms with E-state index < -0.39 is 29.7 Å². The molecule has 10 heteroatoms. The molecule has 2 aromatic carbocycles. The lowest BCUT2D eigenvalue weighted by Crippen LogP contribution is -2.37. The zero-order valence-electron chi connectivity index (χ0n) is 14.2. The first-order chi connectivity index (χ1) is 13.2. The summed E-state index contributed by atoms with van der Waals surface area (Å²) in [6, 6.07) is 8.45. The Hall–Kier alpha value is -3.27. The van der Waals surface area contributed by atoms with Gasteiger partial charge in [0, 0.05) is 18.3 Å². The number of amides is 2. The summed E-state index contributed by atoms with van der Waals surface area (Å²) in [5.74, 6) is -1.04. The monoisotopic (exact) mass is 396 g/mol. The van der Waals surface area contributed by atoms with Crippen LogP contribution >= 0.6 is 0 Å². The van der Waals surface area contributed by atoms with E-state index in [1.165, 1.54) is 12.1 Å². The maximum absolute atomic E-state index is 12.5. The highest BCUT2D eigenvalue weighted by atomic mass is 19.4. The van der Waals surface area contributed by atoms with Crippen molar-refractivity contribution in [2.75, 3.05) is 18.7 Å². The molecule has 0 spiro atoms. The molecular formula is C18H15F3N2O5. The Bertz CT molecular complexity index is 884. The fraction of sp³-hybridized carbons (Fsp3) is 0.222. The van der Waals surface area contributed by atoms with Crippen molar-refractivity contribution in [3.63, 3.8) is 0 Å². The molecule has 7 nitrogen and oxygen atoms in total. The molecule has 0 fully saturated rings. The van der Waals surface area contributed by atoms with Crippen molar-refractivity contribution >= 4 is 17.5 Å². The summed E-state index contributed by atoms with van der Waals surface area (Å²) in [7, 11) is 0. The van der Waals surface area contributed by atoms with E-state index in [2.05, 4.69) is 10.6 Å². The number of aliphatic hydroxyl groups is 1. The number of nitrogens with one attached hydrogen (secondary N) is 2. The minimum atomic E-state index is -4.48. The molecule has 0 unspecified atom stereocenters. The third-order valence-electron chi connectivity index (χ3n) is 3.92. The maximum Gasteiger partial charge on any atom is 0.416 e. The predicted molar refractivity (Wildman–Crippen MR) is 90.6 cm³/mol. The van der Waals surface area contributed by atoms with Gasteiger partial charge in [-0.25, -0.2) is 0 Å². The van der Waals surface area contributed by atoms with E-state index in [0.29, 0.717) is 17.2 Å². The van der Waals surface area contributed by atoms with Gasteiger partial charge in [0.15, 0.2) is 11.5 Å². The Morgan fingerprint density at radius 3 is 2.39 bits per heavy atom. The third-order valence-corrected chi connectivity index (χ3v) is 3.92. The van der Waals surface area contributed by atoms with Crippen LogP contribution in [0.1, 0.15) is 17.2 Å². The van der Waals surface area contributed by atoms with Crippen LogP contribution in [0.2, 0.25) is 0 Å². The van der Waals surface area contributed by atoms with Crippen LogP contribution in [0.5, 0.6) is 11.5 Å². The van der Waals surface area contributed by atoms with Crippen LogP contribution in [-0.2, 0) is 15.8 Å². The van der Waals surface area contributed by atoms with E-state index in [1.54, 1.807) is 6.07 Å². The minimum absolute atomic E-state index is 0.0645. The van der Waals surface area contributed by atoms with Crippen molar-refractivity contribution in [2.45, 2.75) is 12.3 Å². The SMILES string of the molecule is O=C(NC[C@@H](O)c1ccc(C(F)(F)F)cc1)C(=O)Nc1ccc2c(c1)OCO2. The van der Waals surface area contributed by atoms with Crippen molar-refractivity contribution < 1.29 is 37.3 Å². The summed E-state index contributed by atoms with van der Waals surface area (Å²) in [4.78, 5) is 23.8. The van der Waals surface area contributed by atoms with Gasteiger partial charge in [0.2, 0.25) is 6.79 Å². The number of alkyl halides is 3. The summed E-state index contributed by atoms with van der Waals surface area (Å²) < 4.78 is 47.9. The van der Waals surface area contributed by atoms with E-state index >= 15 is 0 Å². The van der Waals surface area contributed by atoms with Crippen LogP contribution in [0.25, 0.3) is 0 Å². The Morgan fingerprint density at radius 1 is 1.04 bits per heavy atom. The second-order valence-corrected chi connectivity index (χ2v) is 5.87. The molecule has 2 aromatic rings. The average molecular weight is 396 g/mol. The number of hydrogen-bond acceptors (Lipinski definition) is 5. The third kappa shape index (κ3) is 4.52. The first-order valence-corrected chi connectivity index (χ1v) is 8.08. The molecule has 1 aliphatic heterocycles. The Labute approximate surface area is 157 Å². The number of fused-ring (bicyclic) bond motifs is 1. The summed E-state index contributed by atoms with van der Waals surface area (Å²) in [5, 5.41) is 14.6. The van der Waals surface area contributed by atoms with Gasteiger partial charge in [-0.2, -0.15) is 13.2 Å². The maximum atomic E-state index is 12.5. The Balaban J connectivity index is 1.52. The summed E-state index contributed by atoms with van der Waals surface area (Å²) >= 11 is 0. The van der Waals surface area contributed by atoms with Crippen molar-refractivity contribution in [2.24, 2.45) is 0 Å². The van der Waals surface area contributed by atoms with E-state index in [-0.39, 0.29) is 18.9 Å². The van der Waals surface area contributed by atoms with Gasteiger partial charge in [0.25, 0.3) is 0 Å². The summed E-state index contributed by atoms with van der Waals surface area (Å²) in [6.07, 6.45) is -5.76. The highest BCUT2D eigenvalue weighted by molar-refractivity contribution is 6.39. The van der Waals surface area contributed by atoms with Crippen molar-refractivity contribution in [1.82, 2.24) is 5.32 Å². The number of rotatable bonds is 4. The van der Waals surface area contributed by atoms with Crippen molar-refractivity contribution in [1.29, 1.82) is 0 Å². The normalized spacial score (nSPS) is 13.7. The molecule has 0 bridgehead atoms. The molecule has 1 atom stereocenters. The Kier molecular flexibility index (Phi) is 5.41. The average Bonchev–Trinajstić information content (AvgIpc) is 3.13. The molecule has 0 saturated heterocycles. The number of halogens is 3. The van der Waals surface area contributed by atoms with Crippen LogP contribution in [0, 0.1) is 0 Å². The van der Waals surface area contributed by atoms with Gasteiger partial charge in [-0.05, 0) is 29.8 Å². The van der Waals surface area contributed by atoms with E-state index in [9.17, 15) is 27.9 Å². The van der Waals surface area contributed by atoms with Gasteiger partial charge < -0.3 is 25.2 Å². The Morgan fingerprint density at radius 2 is 1.71 bits per heavy atom. The summed E-state index contributed by atoms with van der Waals surface area (Å²) in [5.41, 5.74) is -0.368. The predicted octanol–water partition coefficient (Wildman–Crippen LogP) is 2.22. The molecule has 3 rings (SSSR count). The topological polar surface area (TPSA) is 96.9 Å². The fourth-order valence-corrected chi connectivity index (χ4v) is 2.44. The molecular weight excluding hydrogens is 381 g/mol. The second-order valence-electron chi connectivity index (χ2n) is 5.87. The quantitative estimate of drug-likeness (QED) is 0.689. The molecule has 0 aliphatic carbocycles. The van der Waals surface area contributed by atoms with Gasteiger partial charge in [0.1, 0.15) is 0 Å². The van der Waals surface area contributed by atoms with Gasteiger partial charge in [-0.15, -0.1) is 0 Å². The van der Waals surface area contributed by atoms with Crippen LogP contribution < -0.4 is 20.1 Å². The minimum Gasteiger partial charge on any atom is -0.454 e. The van der Waals surface area contributed by atoms with Gasteiger partial charge in [-0.1, -0.05) is 12.1 Å². The number of carbonyl (C=O) groups is 2. The second kappa shape index (κ2) is 7.77. The zero-order valence-corrected chi connectivity index (χ0v) is 14.2. The largest absolute Gasteiger partial charge is 0.454 e. The highest BCUT2D eigenvalue weighted by Gasteiger charge is 2.30. The summed E-state index contributed by atoms with van der Waals surface area (Å²) in [6.45, 7) is -0.284. The molecule has 1 aliphatic rings. The molecule has 0 radical (unpaired) electrons. The fourth-order valence-electron chi connectivity index (χ4n) is 2.44. The smallest absolute Gasteiger partial charge is 0.416 e. The molecule has 1 heterocycles. The molecule has 3 N–H and O–H groups in total. The number of carbonyl (C=O) groups excluding carboxylic acids is 2. The van der Waals surface area contributed by atoms with Gasteiger partial charge >= 0.3 is 18.0 Å². The number of aliphatic hydroxyl groups excluding tert-OH is 1. The van der Waals surface area contributed by atoms with Crippen molar-refractivity contribution in [3.8, 4) is 11.5 Å². The van der Waals surface area contributed by atoms with Crippen LogP contribution in [0.3, 0.4) is 0 Å². The molecule has 2 amide bonds. The van der Waals surface area contributed by atoms with Gasteiger partial charge in [-0.3, -0.25) is 9.59 Å². The van der Waals surface area contributed by atoms with Crippen LogP contribution in [0.4, 0.5) is 18.9 Å². The lowest BCUT2D eigenvalue weighted by molar-refractivity contribution is -0.137. The number of hydrogen-bond donors (Lipinski definition) is 3. The van der Waals surface area contributed by atoms with Gasteiger partial charge in [0.05, 0.1) is 11.7 Å². The lowest BCUT2D eigenvalue weighted by Gasteiger charge is -2.13. The standard InChI is InChI=1S/C18H15F3N2O5/c19-18(20,21)11-3-1-10(2-4-11)13(24)8-22-16(25)17(26)23-12-5-6-14-15(7-12)28-9-27-14/h1-7,13,24H,8-9H2,(H,22,25)(H,23,26)/t13-/m1/s1. The highest BCUT2D eigenvalue weighted by Crippen LogP contribution is 2.34. The van der Waals surface area contributed by atoms with E-state index in [0.717, 1.165) is 24.3 Å². The van der Waals surface area contributed by atoms with Crippen LogP contribution in [-0.4, -0.2) is 30.3 Å². The van der Waals surface area contributed by atoms with E-state index in [1.807, 2.05) is 0 Å². The number of ether oxygens (including phenoxy) is 2. The molecule has 148 valence electrons. The van der Waals surface area contributed by atoms with Crippen molar-refractivity contribution in [3.05, 3.63) is 53.6 Å². The lowest BCUT2D eigenvalue weighted by atomic mass is 10.1. The number of anilines is 1. The first kappa shape index (κ1) is 19.5. The number of benzene rings is 2. The first-order valence-electron chi connectivity index (χ1n) is 8.08. The van der Waals surface area contributed by atoms with E-state index in [4.69, 9.17) is 9.47 Å². The molecule has 28 heavy (non-hydrogen) atoms. The zero-order chi connectivity index (χ0) is 20.3. The van der Waals surface area contributed by atoms with Crippen LogP contribution in [0.15, 0.2) is 42.5 Å². The molecule has 0 saturated carbocycles.